The quantitative estimate of drug-likeness (QED) is 0.0134. The number of carbonyl (C=O) groups is 7. The van der Waals surface area contributed by atoms with Crippen LogP contribution in [0.3, 0.4) is 0 Å². The molecule has 27 nitrogen and oxygen atoms in total. The van der Waals surface area contributed by atoms with Gasteiger partial charge in [0.25, 0.3) is 11.7 Å². The molecule has 0 radical (unpaired) electrons. The monoisotopic (exact) mass is 1460 g/mol. The molecule has 0 aromatic heterocycles. The number of alkyl carbamates (subject to hydrolysis) is 1. The zero-order valence-electron chi connectivity index (χ0n) is 62.8. The van der Waals surface area contributed by atoms with E-state index in [1.807, 2.05) is 63.3 Å². The fraction of sp³-hybridized carbons (Fsp3) is 0.750. The minimum atomic E-state index is -2.50. The van der Waals surface area contributed by atoms with Crippen LogP contribution < -0.4 is 16.4 Å². The van der Waals surface area contributed by atoms with Gasteiger partial charge in [0.15, 0.2) is 18.0 Å². The predicted molar refractivity (Wildman–Crippen MR) is 384 cm³/mol. The summed E-state index contributed by atoms with van der Waals surface area (Å²) in [4.78, 5) is 98.7. The van der Waals surface area contributed by atoms with Crippen LogP contribution in [0.5, 0.6) is 0 Å². The summed E-state index contributed by atoms with van der Waals surface area (Å²) in [7, 11) is 3.06. The fourth-order valence-electron chi connectivity index (χ4n) is 12.7. The highest BCUT2D eigenvalue weighted by Crippen LogP contribution is 2.37. The summed E-state index contributed by atoms with van der Waals surface area (Å²) in [5.74, 6) is -9.57. The molecule has 0 aromatic carbocycles. The second kappa shape index (κ2) is 50.9. The second-order valence-corrected chi connectivity index (χ2v) is 27.3. The first-order valence-corrected chi connectivity index (χ1v) is 37.0. The number of ketones is 3. The molecule has 0 aromatic rings. The first-order chi connectivity index (χ1) is 49.4. The van der Waals surface area contributed by atoms with E-state index in [-0.39, 0.29) is 81.9 Å². The van der Waals surface area contributed by atoms with E-state index in [0.717, 1.165) is 22.5 Å². The van der Waals surface area contributed by atoms with Crippen LogP contribution in [-0.2, 0) is 90.3 Å². The van der Waals surface area contributed by atoms with Crippen molar-refractivity contribution in [2.75, 3.05) is 140 Å². The van der Waals surface area contributed by atoms with Crippen molar-refractivity contribution in [2.24, 2.45) is 35.3 Å². The standard InChI is InChI=1S/C76H124N4O23/c1-11-12-18-53(3)51-79-68(83)26-29-93-31-33-95-35-37-97-39-41-99-43-44-100-42-40-98-38-36-96-34-32-94-30-27-78-75(89)102-71-57(7)46-55(5)64(82)50-66(61(77)47-59-23-25-63(81)67(48-59)92-10)101-74(88)62-21-16-17-28-80(62)73(87)72(86)76(90)58(8)22-24-60(103-76)49-65(91-9)54(4)20-15-13-14-19-52(2)45-56(6)69(84)70(71)85/h12-15,18-20,46,52,55-56,58-63,65-67,70-71,81,85,90H,3,11,16-17,21-45,47-51,77H2,1-2,4-10H3,(H,78,89)(H,79,83)/b15-13+,18-12-,19-14+,54-20+,57-46+/t52-,55-,56-,58-,59+,60+,61-,62+,63-,65+,66+,67-,70+,71-,76-/m1/s1. The number of carbonyl (C=O) groups excluding carboxylic acids is 7. The summed E-state index contributed by atoms with van der Waals surface area (Å²) < 4.78 is 74.1. The Morgan fingerprint density at radius 3 is 1.93 bits per heavy atom. The summed E-state index contributed by atoms with van der Waals surface area (Å²) in [5, 5.41) is 40.0. The van der Waals surface area contributed by atoms with E-state index in [1.54, 1.807) is 27.9 Å². The Morgan fingerprint density at radius 2 is 1.34 bits per heavy atom. The Bertz CT molecular complexity index is 2710. The maximum atomic E-state index is 14.6. The van der Waals surface area contributed by atoms with Gasteiger partial charge in [-0.2, -0.15) is 0 Å². The summed E-state index contributed by atoms with van der Waals surface area (Å²) in [6.45, 7) is 22.0. The number of nitrogens with zero attached hydrogens (tertiary/aromatic N) is 1. The molecule has 1 saturated carbocycles. The molecule has 3 amide bonds. The van der Waals surface area contributed by atoms with E-state index in [1.165, 1.54) is 20.1 Å². The van der Waals surface area contributed by atoms with Gasteiger partial charge >= 0.3 is 12.1 Å². The van der Waals surface area contributed by atoms with Gasteiger partial charge < -0.3 is 98.2 Å². The summed E-state index contributed by atoms with van der Waals surface area (Å²) in [6, 6.07) is -2.21. The van der Waals surface area contributed by atoms with Crippen LogP contribution >= 0.6 is 0 Å². The van der Waals surface area contributed by atoms with Gasteiger partial charge in [-0.3, -0.25) is 24.0 Å². The van der Waals surface area contributed by atoms with Crippen molar-refractivity contribution in [1.29, 1.82) is 0 Å². The number of piperidine rings is 1. The summed E-state index contributed by atoms with van der Waals surface area (Å²) >= 11 is 0. The Morgan fingerprint density at radius 1 is 0.738 bits per heavy atom. The molecule has 7 N–H and O–H groups in total. The summed E-state index contributed by atoms with van der Waals surface area (Å²) in [5.41, 5.74) is 8.80. The molecule has 15 atom stereocenters. The highest BCUT2D eigenvalue weighted by Gasteiger charge is 2.53. The Kier molecular flexibility index (Phi) is 44.5. The maximum Gasteiger partial charge on any atom is 0.407 e. The second-order valence-electron chi connectivity index (χ2n) is 27.3. The predicted octanol–water partition coefficient (Wildman–Crippen LogP) is 6.11. The number of aliphatic hydroxyl groups excluding tert-OH is 2. The average molecular weight is 1460 g/mol. The minimum Gasteiger partial charge on any atom is -0.459 e. The average Bonchev–Trinajstić information content (AvgIpc) is 0.775. The van der Waals surface area contributed by atoms with Gasteiger partial charge in [-0.1, -0.05) is 89.8 Å². The number of hydrogen-bond acceptors (Lipinski definition) is 24. The third kappa shape index (κ3) is 33.9. The number of ether oxygens (including phenoxy) is 13. The van der Waals surface area contributed by atoms with Crippen LogP contribution in [0.15, 0.2) is 71.9 Å². The highest BCUT2D eigenvalue weighted by atomic mass is 16.6. The number of cyclic esters (lactones) is 1. The van der Waals surface area contributed by atoms with Crippen molar-refractivity contribution in [3.05, 3.63) is 71.9 Å². The van der Waals surface area contributed by atoms with Gasteiger partial charge in [0.05, 0.1) is 130 Å². The van der Waals surface area contributed by atoms with Crippen LogP contribution in [-0.4, -0.2) is 262 Å². The third-order valence-electron chi connectivity index (χ3n) is 18.9. The first-order valence-electron chi connectivity index (χ1n) is 37.0. The summed E-state index contributed by atoms with van der Waals surface area (Å²) in [6.07, 6.45) is 11.7. The number of Topliss-reactive ketones (excluding diaryl/α,β-unsaturated/α-hetero) is 3. The van der Waals surface area contributed by atoms with E-state index in [4.69, 9.17) is 67.3 Å². The molecule has 1 aliphatic carbocycles. The number of nitrogens with one attached hydrogen (secondary N) is 2. The molecular weight excluding hydrogens is 1340 g/mol. The van der Waals surface area contributed by atoms with Crippen LogP contribution in [0, 0.1) is 29.6 Å². The molecular formula is C76H124N4O23. The van der Waals surface area contributed by atoms with Crippen LogP contribution in [0.25, 0.3) is 0 Å². The molecule has 0 unspecified atom stereocenters. The van der Waals surface area contributed by atoms with Gasteiger partial charge in [-0.05, 0) is 113 Å². The van der Waals surface area contributed by atoms with Crippen molar-refractivity contribution in [3.63, 3.8) is 0 Å². The van der Waals surface area contributed by atoms with E-state index in [2.05, 4.69) is 17.2 Å². The van der Waals surface area contributed by atoms with Gasteiger partial charge in [0.2, 0.25) is 11.7 Å². The number of hydrogen-bond donors (Lipinski definition) is 6. The van der Waals surface area contributed by atoms with Crippen LogP contribution in [0.4, 0.5) is 4.79 Å². The van der Waals surface area contributed by atoms with Crippen molar-refractivity contribution in [1.82, 2.24) is 15.5 Å². The number of rotatable bonds is 37. The Balaban J connectivity index is 1.30. The zero-order chi connectivity index (χ0) is 75.5. The molecule has 27 heteroatoms. The molecule has 4 aliphatic rings. The van der Waals surface area contributed by atoms with E-state index in [9.17, 15) is 48.9 Å². The van der Waals surface area contributed by atoms with Crippen LogP contribution in [0.2, 0.25) is 0 Å². The lowest BCUT2D eigenvalue weighted by Crippen LogP contribution is -2.61. The molecule has 2 saturated heterocycles. The van der Waals surface area contributed by atoms with E-state index in [0.29, 0.717) is 144 Å². The first kappa shape index (κ1) is 89.9. The number of aliphatic hydroxyl groups is 3. The third-order valence-corrected chi connectivity index (χ3v) is 18.9. The number of amides is 3. The van der Waals surface area contributed by atoms with Crippen molar-refractivity contribution in [2.45, 2.75) is 199 Å². The molecule has 3 heterocycles. The molecule has 2 bridgehead atoms. The Hall–Kier alpha value is -5.47. The fourth-order valence-corrected chi connectivity index (χ4v) is 12.7. The van der Waals surface area contributed by atoms with Gasteiger partial charge in [-0.15, -0.1) is 0 Å². The molecule has 103 heavy (non-hydrogen) atoms. The molecule has 3 fully saturated rings. The minimum absolute atomic E-state index is 0.00238. The molecule has 3 aliphatic heterocycles. The smallest absolute Gasteiger partial charge is 0.407 e. The number of methoxy groups -OCH3 is 2. The lowest BCUT2D eigenvalue weighted by Gasteiger charge is -2.42. The van der Waals surface area contributed by atoms with E-state index >= 15 is 0 Å². The van der Waals surface area contributed by atoms with E-state index < -0.39 is 120 Å². The van der Waals surface area contributed by atoms with Crippen molar-refractivity contribution < 1.29 is 110 Å². The zero-order valence-corrected chi connectivity index (χ0v) is 62.8. The molecule has 586 valence electrons. The number of fused-ring (bicyclic) bond motifs is 3. The maximum absolute atomic E-state index is 14.6. The van der Waals surface area contributed by atoms with Gasteiger partial charge in [0, 0.05) is 76.9 Å². The highest BCUT2D eigenvalue weighted by molar-refractivity contribution is 6.39. The van der Waals surface area contributed by atoms with Crippen molar-refractivity contribution >= 4 is 41.2 Å². The van der Waals surface area contributed by atoms with Gasteiger partial charge in [-0.25, -0.2) is 9.59 Å². The SMILES string of the molecule is C=C(/C=C\CC)CNC(=O)CCOCCOCCOCCOCCOCCOCCOCCOCCNC(=O)O[C@@H]1/C(C)=C/[C@@H](C)C(=O)C[C@@H]([C@H](N)C[C@@H]2CC[C@@H](O)[C@H](OC)C2)OC(=O)[C@@H]2CCCCN2C(=O)C(=O)[C@]2(O)O[C@@H](CC[C@H]2C)C[C@H](OC)/C(C)=C/C=C/C=C/[C@@H](C)C[C@@H](C)C(=O)[C@@H]1O. The number of nitrogens with two attached hydrogens (primary N) is 1. The number of esters is 1. The normalized spacial score (nSPS) is 29.8. The largest absolute Gasteiger partial charge is 0.459 e. The molecule has 0 spiro atoms. The number of allylic oxidation sites excluding steroid dienone is 7. The van der Waals surface area contributed by atoms with Crippen molar-refractivity contribution in [3.8, 4) is 0 Å². The van der Waals surface area contributed by atoms with Gasteiger partial charge in [0.1, 0.15) is 17.9 Å². The Labute approximate surface area is 610 Å². The lowest BCUT2D eigenvalue weighted by molar-refractivity contribution is -0.265. The topological polar surface area (TPSA) is 353 Å². The lowest BCUT2D eigenvalue weighted by atomic mass is 9.80. The van der Waals surface area contributed by atoms with Crippen LogP contribution in [0.1, 0.15) is 138 Å². The molecule has 4 rings (SSSR count).